The maximum atomic E-state index is 5.19. The lowest BCUT2D eigenvalue weighted by molar-refractivity contribution is 0.323. The molecule has 0 bridgehead atoms. The van der Waals surface area contributed by atoms with Gasteiger partial charge in [0.1, 0.15) is 0 Å². The molecule has 0 amide bonds. The SMILES string of the molecule is C#CCCCN(C)Cc1cccnc1. The summed E-state index contributed by atoms with van der Waals surface area (Å²) in [6.07, 6.45) is 10.8. The minimum absolute atomic E-state index is 0.859. The van der Waals surface area contributed by atoms with Crippen LogP contribution in [0.4, 0.5) is 0 Å². The molecule has 0 fully saturated rings. The number of nitrogens with zero attached hydrogens (tertiary/aromatic N) is 2. The highest BCUT2D eigenvalue weighted by Crippen LogP contribution is 2.01. The van der Waals surface area contributed by atoms with E-state index in [9.17, 15) is 0 Å². The lowest BCUT2D eigenvalue weighted by atomic mass is 10.2. The topological polar surface area (TPSA) is 16.1 Å². The Morgan fingerprint density at radius 3 is 3.07 bits per heavy atom. The Bertz CT molecular complexity index is 287. The highest BCUT2D eigenvalue weighted by atomic mass is 15.1. The second kappa shape index (κ2) is 6.17. The summed E-state index contributed by atoms with van der Waals surface area (Å²) in [4.78, 5) is 6.33. The summed E-state index contributed by atoms with van der Waals surface area (Å²) in [5.41, 5.74) is 1.25. The molecular weight excluding hydrogens is 172 g/mol. The van der Waals surface area contributed by atoms with Gasteiger partial charge in [0.15, 0.2) is 0 Å². The van der Waals surface area contributed by atoms with Crippen LogP contribution in [-0.4, -0.2) is 23.5 Å². The van der Waals surface area contributed by atoms with E-state index >= 15 is 0 Å². The third kappa shape index (κ3) is 4.06. The summed E-state index contributed by atoms with van der Waals surface area (Å²) in [5.74, 6) is 2.65. The molecule has 1 rings (SSSR count). The van der Waals surface area contributed by atoms with Crippen LogP contribution in [0.1, 0.15) is 18.4 Å². The number of hydrogen-bond donors (Lipinski definition) is 0. The van der Waals surface area contributed by atoms with E-state index in [0.29, 0.717) is 0 Å². The van der Waals surface area contributed by atoms with Crippen LogP contribution in [-0.2, 0) is 6.54 Å². The van der Waals surface area contributed by atoms with Crippen LogP contribution in [0.3, 0.4) is 0 Å². The normalized spacial score (nSPS) is 10.1. The van der Waals surface area contributed by atoms with Crippen molar-refractivity contribution in [3.05, 3.63) is 30.1 Å². The van der Waals surface area contributed by atoms with Crippen molar-refractivity contribution in [1.29, 1.82) is 0 Å². The lowest BCUT2D eigenvalue weighted by Gasteiger charge is -2.15. The van der Waals surface area contributed by atoms with Crippen molar-refractivity contribution in [2.75, 3.05) is 13.6 Å². The van der Waals surface area contributed by atoms with Gasteiger partial charge in [0.2, 0.25) is 0 Å². The molecule has 0 unspecified atom stereocenters. The molecule has 1 aromatic rings. The largest absolute Gasteiger partial charge is 0.302 e. The third-order valence-corrected chi connectivity index (χ3v) is 2.04. The molecule has 1 aromatic heterocycles. The van der Waals surface area contributed by atoms with Crippen molar-refractivity contribution < 1.29 is 0 Å². The van der Waals surface area contributed by atoms with Crippen LogP contribution < -0.4 is 0 Å². The molecule has 0 saturated heterocycles. The van der Waals surface area contributed by atoms with Crippen molar-refractivity contribution in [3.63, 3.8) is 0 Å². The van der Waals surface area contributed by atoms with Gasteiger partial charge in [0.05, 0.1) is 0 Å². The first-order chi connectivity index (χ1) is 6.83. The Morgan fingerprint density at radius 1 is 1.57 bits per heavy atom. The van der Waals surface area contributed by atoms with Crippen LogP contribution in [0.2, 0.25) is 0 Å². The van der Waals surface area contributed by atoms with Gasteiger partial charge in [0, 0.05) is 25.4 Å². The van der Waals surface area contributed by atoms with Crippen LogP contribution in [0, 0.1) is 12.3 Å². The van der Waals surface area contributed by atoms with E-state index in [1.165, 1.54) is 5.56 Å². The first kappa shape index (κ1) is 10.7. The summed E-state index contributed by atoms with van der Waals surface area (Å²) < 4.78 is 0. The van der Waals surface area contributed by atoms with Gasteiger partial charge in [-0.3, -0.25) is 4.98 Å². The standard InChI is InChI=1S/C12H16N2/c1-3-4-5-9-14(2)11-12-7-6-8-13-10-12/h1,6-8,10H,4-5,9,11H2,2H3. The van der Waals surface area contributed by atoms with Crippen molar-refractivity contribution in [2.45, 2.75) is 19.4 Å². The fourth-order valence-corrected chi connectivity index (χ4v) is 1.33. The maximum absolute atomic E-state index is 5.19. The first-order valence-electron chi connectivity index (χ1n) is 4.84. The molecule has 0 aliphatic carbocycles. The second-order valence-electron chi connectivity index (χ2n) is 3.41. The van der Waals surface area contributed by atoms with Crippen LogP contribution in [0.5, 0.6) is 0 Å². The van der Waals surface area contributed by atoms with Crippen LogP contribution in [0.25, 0.3) is 0 Å². The van der Waals surface area contributed by atoms with Gasteiger partial charge in [-0.15, -0.1) is 12.3 Å². The Balaban J connectivity index is 2.28. The Morgan fingerprint density at radius 2 is 2.43 bits per heavy atom. The number of terminal acetylenes is 1. The smallest absolute Gasteiger partial charge is 0.0312 e. The molecule has 0 aliphatic rings. The Hall–Kier alpha value is -1.33. The average molecular weight is 188 g/mol. The fourth-order valence-electron chi connectivity index (χ4n) is 1.33. The average Bonchev–Trinajstić information content (AvgIpc) is 2.20. The van der Waals surface area contributed by atoms with E-state index in [2.05, 4.69) is 28.9 Å². The summed E-state index contributed by atoms with van der Waals surface area (Å²) in [6.45, 7) is 1.98. The first-order valence-corrected chi connectivity index (χ1v) is 4.84. The zero-order chi connectivity index (χ0) is 10.2. The predicted octanol–water partition coefficient (Wildman–Crippen LogP) is 1.93. The van der Waals surface area contributed by atoms with Crippen molar-refractivity contribution in [1.82, 2.24) is 9.88 Å². The van der Waals surface area contributed by atoms with Crippen molar-refractivity contribution >= 4 is 0 Å². The van der Waals surface area contributed by atoms with E-state index < -0.39 is 0 Å². The molecule has 0 radical (unpaired) electrons. The van der Waals surface area contributed by atoms with Gasteiger partial charge >= 0.3 is 0 Å². The van der Waals surface area contributed by atoms with Gasteiger partial charge < -0.3 is 4.90 Å². The number of pyridine rings is 1. The second-order valence-corrected chi connectivity index (χ2v) is 3.41. The van der Waals surface area contributed by atoms with Crippen molar-refractivity contribution in [2.24, 2.45) is 0 Å². The molecule has 0 aliphatic heterocycles. The molecule has 1 heterocycles. The molecule has 2 heteroatoms. The molecule has 2 nitrogen and oxygen atoms in total. The Labute approximate surface area is 86.0 Å². The van der Waals surface area contributed by atoms with E-state index in [1.54, 1.807) is 6.20 Å². The summed E-state index contributed by atoms with van der Waals surface area (Å²) in [7, 11) is 2.10. The molecule has 0 aromatic carbocycles. The minimum Gasteiger partial charge on any atom is -0.302 e. The molecule has 0 N–H and O–H groups in total. The fraction of sp³-hybridized carbons (Fsp3) is 0.417. The summed E-state index contributed by atoms with van der Waals surface area (Å²) >= 11 is 0. The van der Waals surface area contributed by atoms with Crippen LogP contribution in [0.15, 0.2) is 24.5 Å². The van der Waals surface area contributed by atoms with Gasteiger partial charge in [-0.25, -0.2) is 0 Å². The van der Waals surface area contributed by atoms with E-state index in [1.807, 2.05) is 12.3 Å². The molecule has 14 heavy (non-hydrogen) atoms. The molecule has 0 atom stereocenters. The highest BCUT2D eigenvalue weighted by molar-refractivity contribution is 5.07. The van der Waals surface area contributed by atoms with Gasteiger partial charge in [-0.2, -0.15) is 0 Å². The van der Waals surface area contributed by atoms with E-state index in [4.69, 9.17) is 6.42 Å². The molecular formula is C12H16N2. The third-order valence-electron chi connectivity index (χ3n) is 2.04. The van der Waals surface area contributed by atoms with Gasteiger partial charge in [0.25, 0.3) is 0 Å². The number of aromatic nitrogens is 1. The zero-order valence-corrected chi connectivity index (χ0v) is 8.61. The maximum Gasteiger partial charge on any atom is 0.0312 e. The summed E-state index contributed by atoms with van der Waals surface area (Å²) in [5, 5.41) is 0. The number of hydrogen-bond acceptors (Lipinski definition) is 2. The van der Waals surface area contributed by atoms with Crippen LogP contribution >= 0.6 is 0 Å². The van der Waals surface area contributed by atoms with E-state index in [-0.39, 0.29) is 0 Å². The zero-order valence-electron chi connectivity index (χ0n) is 8.61. The quantitative estimate of drug-likeness (QED) is 0.518. The van der Waals surface area contributed by atoms with E-state index in [0.717, 1.165) is 25.9 Å². The molecule has 0 saturated carbocycles. The Kier molecular flexibility index (Phi) is 4.74. The van der Waals surface area contributed by atoms with Gasteiger partial charge in [-0.05, 0) is 31.6 Å². The lowest BCUT2D eigenvalue weighted by Crippen LogP contribution is -2.18. The monoisotopic (exact) mass is 188 g/mol. The molecule has 0 spiro atoms. The molecule has 74 valence electrons. The van der Waals surface area contributed by atoms with Crippen molar-refractivity contribution in [3.8, 4) is 12.3 Å². The number of rotatable bonds is 5. The van der Waals surface area contributed by atoms with Gasteiger partial charge in [-0.1, -0.05) is 6.07 Å². The predicted molar refractivity (Wildman–Crippen MR) is 58.6 cm³/mol. The minimum atomic E-state index is 0.859. The highest BCUT2D eigenvalue weighted by Gasteiger charge is 1.98. The summed E-state index contributed by atoms with van der Waals surface area (Å²) in [6, 6.07) is 4.05. The number of unbranched alkanes of at least 4 members (excludes halogenated alkanes) is 1.